The van der Waals surface area contributed by atoms with E-state index >= 15 is 0 Å². The number of hydrogen-bond acceptors (Lipinski definition) is 6. The lowest BCUT2D eigenvalue weighted by atomic mass is 10.2. The Morgan fingerprint density at radius 1 is 1.07 bits per heavy atom. The number of hydrogen-bond donors (Lipinski definition) is 1. The van der Waals surface area contributed by atoms with Gasteiger partial charge in [0.2, 0.25) is 0 Å². The maximum Gasteiger partial charge on any atom is 0.311 e. The van der Waals surface area contributed by atoms with Gasteiger partial charge in [-0.3, -0.25) is 9.59 Å². The van der Waals surface area contributed by atoms with E-state index in [1.54, 1.807) is 0 Å². The average Bonchev–Trinajstić information content (AvgIpc) is 3.19. The predicted octanol–water partition coefficient (Wildman–Crippen LogP) is 2.93. The van der Waals surface area contributed by atoms with Crippen molar-refractivity contribution in [3.8, 4) is 0 Å². The molecule has 0 atom stereocenters. The number of para-hydroxylation sites is 1. The number of anilines is 1. The Balaban J connectivity index is 1.52. The predicted molar refractivity (Wildman–Crippen MR) is 107 cm³/mol. The molecule has 7 nitrogen and oxygen atoms in total. The minimum Gasteiger partial charge on any atom is -0.455 e. The first-order valence-corrected chi connectivity index (χ1v) is 11.5. The summed E-state index contributed by atoms with van der Waals surface area (Å²) in [5.74, 6) is -3.55. The SMILES string of the molecule is O=C(COC(=O)Cc1ccc(S(=O)(=O)N2CCCCC2)s1)Nc1c(F)cccc1F. The van der Waals surface area contributed by atoms with Crippen molar-refractivity contribution in [2.45, 2.75) is 29.9 Å². The quantitative estimate of drug-likeness (QED) is 0.644. The van der Waals surface area contributed by atoms with Gasteiger partial charge in [-0.15, -0.1) is 11.3 Å². The van der Waals surface area contributed by atoms with E-state index in [-0.39, 0.29) is 10.6 Å². The number of carbonyl (C=O) groups excluding carboxylic acids is 2. The zero-order valence-electron chi connectivity index (χ0n) is 15.9. The van der Waals surface area contributed by atoms with Crippen LogP contribution in [0.5, 0.6) is 0 Å². The molecule has 1 fully saturated rings. The van der Waals surface area contributed by atoms with E-state index in [0.717, 1.165) is 48.8 Å². The molecule has 11 heteroatoms. The summed E-state index contributed by atoms with van der Waals surface area (Å²) < 4.78 is 58.7. The molecule has 0 radical (unpaired) electrons. The Bertz CT molecular complexity index is 1010. The van der Waals surface area contributed by atoms with Crippen molar-refractivity contribution in [1.82, 2.24) is 4.31 Å². The molecule has 2 heterocycles. The fourth-order valence-electron chi connectivity index (χ4n) is 2.96. The van der Waals surface area contributed by atoms with E-state index in [9.17, 15) is 26.8 Å². The summed E-state index contributed by atoms with van der Waals surface area (Å²) in [6.45, 7) is 0.238. The van der Waals surface area contributed by atoms with Crippen molar-refractivity contribution < 1.29 is 31.5 Å². The second-order valence-corrected chi connectivity index (χ2v) is 10.0. The standard InChI is InChI=1S/C19H20F2N2O5S2/c20-14-5-4-6-15(21)19(14)22-16(24)12-28-17(25)11-13-7-8-18(29-13)30(26,27)23-9-2-1-3-10-23/h4-8H,1-3,9-12H2,(H,22,24). The van der Waals surface area contributed by atoms with Crippen molar-refractivity contribution in [2.24, 2.45) is 0 Å². The number of piperidine rings is 1. The molecule has 30 heavy (non-hydrogen) atoms. The van der Waals surface area contributed by atoms with E-state index in [1.807, 2.05) is 5.32 Å². The maximum absolute atomic E-state index is 13.5. The van der Waals surface area contributed by atoms with Crippen molar-refractivity contribution in [3.05, 3.63) is 46.8 Å². The largest absolute Gasteiger partial charge is 0.455 e. The topological polar surface area (TPSA) is 92.8 Å². The zero-order valence-corrected chi connectivity index (χ0v) is 17.5. The summed E-state index contributed by atoms with van der Waals surface area (Å²) in [4.78, 5) is 24.2. The van der Waals surface area contributed by atoms with E-state index in [0.29, 0.717) is 18.0 Å². The Kier molecular flexibility index (Phi) is 7.16. The minimum absolute atomic E-state index is 0.153. The summed E-state index contributed by atoms with van der Waals surface area (Å²) >= 11 is 0.972. The third kappa shape index (κ3) is 5.41. The van der Waals surface area contributed by atoms with Gasteiger partial charge in [-0.05, 0) is 37.1 Å². The molecule has 1 aliphatic rings. The third-order valence-electron chi connectivity index (χ3n) is 4.46. The number of rotatable bonds is 7. The zero-order chi connectivity index (χ0) is 21.7. The summed E-state index contributed by atoms with van der Waals surface area (Å²) in [7, 11) is -3.58. The Hall–Kier alpha value is -2.37. The number of thiophene rings is 1. The van der Waals surface area contributed by atoms with Crippen LogP contribution in [-0.2, 0) is 30.8 Å². The molecule has 0 unspecified atom stereocenters. The van der Waals surface area contributed by atoms with Crippen LogP contribution in [0.4, 0.5) is 14.5 Å². The number of nitrogens with one attached hydrogen (secondary N) is 1. The highest BCUT2D eigenvalue weighted by Crippen LogP contribution is 2.27. The molecule has 1 aromatic carbocycles. The number of ether oxygens (including phenoxy) is 1. The Morgan fingerprint density at radius 3 is 2.40 bits per heavy atom. The van der Waals surface area contributed by atoms with E-state index in [4.69, 9.17) is 4.74 Å². The first-order valence-electron chi connectivity index (χ1n) is 9.26. The number of nitrogens with zero attached hydrogens (tertiary/aromatic N) is 1. The molecule has 1 amide bonds. The van der Waals surface area contributed by atoms with Crippen LogP contribution in [0.3, 0.4) is 0 Å². The Labute approximate surface area is 176 Å². The van der Waals surface area contributed by atoms with Gasteiger partial charge in [0.1, 0.15) is 21.5 Å². The monoisotopic (exact) mass is 458 g/mol. The molecule has 2 aromatic rings. The Morgan fingerprint density at radius 2 is 1.73 bits per heavy atom. The number of amides is 1. The molecule has 1 aliphatic heterocycles. The van der Waals surface area contributed by atoms with Crippen molar-refractivity contribution in [1.29, 1.82) is 0 Å². The van der Waals surface area contributed by atoms with Crippen LogP contribution in [0.25, 0.3) is 0 Å². The van der Waals surface area contributed by atoms with Crippen LogP contribution in [-0.4, -0.2) is 44.3 Å². The minimum atomic E-state index is -3.58. The summed E-state index contributed by atoms with van der Waals surface area (Å²) in [5.41, 5.74) is -0.621. The van der Waals surface area contributed by atoms with E-state index in [1.165, 1.54) is 16.4 Å². The highest BCUT2D eigenvalue weighted by atomic mass is 32.2. The maximum atomic E-state index is 13.5. The second-order valence-electron chi connectivity index (χ2n) is 6.67. The van der Waals surface area contributed by atoms with E-state index in [2.05, 4.69) is 0 Å². The van der Waals surface area contributed by atoms with Crippen LogP contribution in [0.15, 0.2) is 34.5 Å². The molecule has 1 saturated heterocycles. The van der Waals surface area contributed by atoms with Gasteiger partial charge in [0, 0.05) is 18.0 Å². The van der Waals surface area contributed by atoms with Crippen molar-refractivity contribution >= 4 is 38.9 Å². The second kappa shape index (κ2) is 9.63. The smallest absolute Gasteiger partial charge is 0.311 e. The molecule has 1 aromatic heterocycles. The van der Waals surface area contributed by atoms with Crippen LogP contribution >= 0.6 is 11.3 Å². The number of carbonyl (C=O) groups is 2. The van der Waals surface area contributed by atoms with Gasteiger partial charge in [-0.2, -0.15) is 4.31 Å². The van der Waals surface area contributed by atoms with Gasteiger partial charge in [0.05, 0.1) is 6.42 Å². The number of benzene rings is 1. The summed E-state index contributed by atoms with van der Waals surface area (Å²) in [5, 5.41) is 2.01. The molecular weight excluding hydrogens is 438 g/mol. The summed E-state index contributed by atoms with van der Waals surface area (Å²) in [6, 6.07) is 6.09. The van der Waals surface area contributed by atoms with Gasteiger partial charge < -0.3 is 10.1 Å². The first kappa shape index (κ1) is 22.3. The lowest BCUT2D eigenvalue weighted by molar-refractivity contribution is -0.146. The molecule has 0 saturated carbocycles. The third-order valence-corrected chi connectivity index (χ3v) is 7.91. The molecule has 0 aliphatic carbocycles. The first-order chi connectivity index (χ1) is 14.3. The highest BCUT2D eigenvalue weighted by molar-refractivity contribution is 7.91. The van der Waals surface area contributed by atoms with Crippen LogP contribution in [0, 0.1) is 11.6 Å². The number of esters is 1. The average molecular weight is 459 g/mol. The molecule has 1 N–H and O–H groups in total. The fourth-order valence-corrected chi connectivity index (χ4v) is 5.97. The molecule has 0 bridgehead atoms. The van der Waals surface area contributed by atoms with Crippen molar-refractivity contribution in [3.63, 3.8) is 0 Å². The number of halogens is 2. The van der Waals surface area contributed by atoms with Gasteiger partial charge in [-0.1, -0.05) is 12.5 Å². The normalized spacial score (nSPS) is 15.0. The highest BCUT2D eigenvalue weighted by Gasteiger charge is 2.27. The van der Waals surface area contributed by atoms with Crippen LogP contribution in [0.1, 0.15) is 24.1 Å². The lowest BCUT2D eigenvalue weighted by Crippen LogP contribution is -2.35. The molecular formula is C19H20F2N2O5S2. The van der Waals surface area contributed by atoms with Gasteiger partial charge in [0.15, 0.2) is 6.61 Å². The van der Waals surface area contributed by atoms with Gasteiger partial charge in [-0.25, -0.2) is 17.2 Å². The molecule has 3 rings (SSSR count). The van der Waals surface area contributed by atoms with E-state index < -0.39 is 45.8 Å². The molecule has 162 valence electrons. The fraction of sp³-hybridized carbons (Fsp3) is 0.368. The summed E-state index contributed by atoms with van der Waals surface area (Å²) in [6.07, 6.45) is 2.43. The number of sulfonamides is 1. The van der Waals surface area contributed by atoms with Gasteiger partial charge in [0.25, 0.3) is 15.9 Å². The van der Waals surface area contributed by atoms with Crippen LogP contribution in [0.2, 0.25) is 0 Å². The van der Waals surface area contributed by atoms with Crippen molar-refractivity contribution in [2.75, 3.05) is 25.0 Å². The van der Waals surface area contributed by atoms with Crippen LogP contribution < -0.4 is 5.32 Å². The van der Waals surface area contributed by atoms with Gasteiger partial charge >= 0.3 is 5.97 Å². The lowest BCUT2D eigenvalue weighted by Gasteiger charge is -2.25. The molecule has 0 spiro atoms.